The molecule has 7 aromatic rings. The van der Waals surface area contributed by atoms with Crippen LogP contribution in [0.5, 0.6) is 0 Å². The van der Waals surface area contributed by atoms with Crippen LogP contribution < -0.4 is 4.90 Å². The van der Waals surface area contributed by atoms with Crippen molar-refractivity contribution in [3.05, 3.63) is 231 Å². The molecule has 0 fully saturated rings. The number of hydrogen-bond acceptors (Lipinski definition) is 9. The Hall–Kier alpha value is -8.30. The van der Waals surface area contributed by atoms with Gasteiger partial charge in [-0.2, -0.15) is 0 Å². The van der Waals surface area contributed by atoms with Gasteiger partial charge in [-0.25, -0.2) is 19.2 Å². The van der Waals surface area contributed by atoms with Crippen LogP contribution in [0.15, 0.2) is 170 Å². The standard InChI is InChI=1S/C55H45NO8/c1-36-6-28-47(29-7-36)56(48-30-8-37(9-31-48)34-50(39-12-20-43(21-13-39)52(57)61-2)40-14-22-44(23-15-40)53(58)62-3)49-32-10-38(11-33-49)35-51(41-16-24-45(25-17-41)54(59)63-4)42-18-26-46(27-19-42)55(60)64-5/h6-35H,1-5H3. The van der Waals surface area contributed by atoms with E-state index in [1.165, 1.54) is 28.4 Å². The molecule has 0 heterocycles. The van der Waals surface area contributed by atoms with Crippen molar-refractivity contribution in [2.75, 3.05) is 33.3 Å². The van der Waals surface area contributed by atoms with Gasteiger partial charge in [0.15, 0.2) is 0 Å². The monoisotopic (exact) mass is 847 g/mol. The predicted octanol–water partition coefficient (Wildman–Crippen LogP) is 11.8. The number of carbonyl (C=O) groups is 4. The normalized spacial score (nSPS) is 10.5. The van der Waals surface area contributed by atoms with Crippen LogP contribution in [0.3, 0.4) is 0 Å². The highest BCUT2D eigenvalue weighted by atomic mass is 16.5. The molecule has 0 aliphatic rings. The maximum Gasteiger partial charge on any atom is 0.337 e. The molecule has 7 aromatic carbocycles. The van der Waals surface area contributed by atoms with Crippen LogP contribution in [0.4, 0.5) is 17.1 Å². The highest BCUT2D eigenvalue weighted by Gasteiger charge is 2.16. The van der Waals surface area contributed by atoms with Gasteiger partial charge in [0.05, 0.1) is 50.7 Å². The summed E-state index contributed by atoms with van der Waals surface area (Å²) in [4.78, 5) is 51.1. The minimum absolute atomic E-state index is 0.420. The van der Waals surface area contributed by atoms with Crippen LogP contribution in [0.1, 0.15) is 80.4 Å². The van der Waals surface area contributed by atoms with E-state index in [1.54, 1.807) is 48.5 Å². The second-order valence-electron chi connectivity index (χ2n) is 14.7. The highest BCUT2D eigenvalue weighted by Crippen LogP contribution is 2.37. The first kappa shape index (κ1) is 43.8. The van der Waals surface area contributed by atoms with E-state index in [0.29, 0.717) is 22.3 Å². The topological polar surface area (TPSA) is 108 Å². The molecule has 9 heteroatoms. The SMILES string of the molecule is COC(=O)c1ccc(C(=Cc2ccc(N(c3ccc(C)cc3)c3ccc(C=C(c4ccc(C(=O)OC)cc4)c4ccc(C(=O)OC)cc4)cc3)cc2)c2ccc(C(=O)OC)cc2)cc1. The van der Waals surface area contributed by atoms with Gasteiger partial charge in [-0.1, -0.05) is 90.5 Å². The molecule has 318 valence electrons. The fourth-order valence-corrected chi connectivity index (χ4v) is 7.20. The average Bonchev–Trinajstić information content (AvgIpc) is 3.35. The molecule has 0 amide bonds. The Kier molecular flexibility index (Phi) is 13.7. The molecule has 0 radical (unpaired) electrons. The Morgan fingerprint density at radius 2 is 0.547 bits per heavy atom. The first-order valence-corrected chi connectivity index (χ1v) is 20.3. The third-order valence-corrected chi connectivity index (χ3v) is 10.7. The smallest absolute Gasteiger partial charge is 0.337 e. The minimum Gasteiger partial charge on any atom is -0.465 e. The molecule has 7 rings (SSSR count). The molecule has 0 aromatic heterocycles. The van der Waals surface area contributed by atoms with Gasteiger partial charge in [0.1, 0.15) is 0 Å². The minimum atomic E-state index is -0.420. The van der Waals surface area contributed by atoms with E-state index in [-0.39, 0.29) is 0 Å². The molecule has 0 saturated carbocycles. The van der Waals surface area contributed by atoms with Gasteiger partial charge in [-0.3, -0.25) is 0 Å². The summed E-state index contributed by atoms with van der Waals surface area (Å²) in [5.41, 5.74) is 12.9. The first-order valence-electron chi connectivity index (χ1n) is 20.3. The van der Waals surface area contributed by atoms with Crippen molar-refractivity contribution in [3.8, 4) is 0 Å². The van der Waals surface area contributed by atoms with Crippen LogP contribution in [-0.4, -0.2) is 52.3 Å². The molecule has 0 unspecified atom stereocenters. The van der Waals surface area contributed by atoms with Gasteiger partial charge in [-0.05, 0) is 149 Å². The molecule has 0 aliphatic heterocycles. The molecule has 9 nitrogen and oxygen atoms in total. The molecule has 0 N–H and O–H groups in total. The highest BCUT2D eigenvalue weighted by molar-refractivity contribution is 5.97. The molecule has 64 heavy (non-hydrogen) atoms. The van der Waals surface area contributed by atoms with Crippen molar-refractivity contribution in [2.24, 2.45) is 0 Å². The largest absolute Gasteiger partial charge is 0.465 e. The summed E-state index contributed by atoms with van der Waals surface area (Å²) in [7, 11) is 5.41. The maximum atomic E-state index is 12.2. The zero-order valence-electron chi connectivity index (χ0n) is 36.0. The number of nitrogens with zero attached hydrogens (tertiary/aromatic N) is 1. The van der Waals surface area contributed by atoms with Gasteiger partial charge in [0.25, 0.3) is 0 Å². The lowest BCUT2D eigenvalue weighted by atomic mass is 9.94. The average molecular weight is 848 g/mol. The number of rotatable bonds is 13. The summed E-state index contributed by atoms with van der Waals surface area (Å²) < 4.78 is 19.7. The quantitative estimate of drug-likeness (QED) is 0.0636. The van der Waals surface area contributed by atoms with E-state index >= 15 is 0 Å². The summed E-state index contributed by atoms with van der Waals surface area (Å²) >= 11 is 0. The van der Waals surface area contributed by atoms with E-state index in [4.69, 9.17) is 18.9 Å². The van der Waals surface area contributed by atoms with Gasteiger partial charge < -0.3 is 23.8 Å². The summed E-state index contributed by atoms with van der Waals surface area (Å²) in [5.74, 6) is -1.68. The lowest BCUT2D eigenvalue weighted by molar-refractivity contribution is 0.0592. The predicted molar refractivity (Wildman–Crippen MR) is 251 cm³/mol. The molecule has 0 saturated heterocycles. The lowest BCUT2D eigenvalue weighted by Gasteiger charge is -2.26. The number of carbonyl (C=O) groups excluding carboxylic acids is 4. The third-order valence-electron chi connectivity index (χ3n) is 10.7. The van der Waals surface area contributed by atoms with Crippen molar-refractivity contribution in [1.82, 2.24) is 0 Å². The molecular weight excluding hydrogens is 803 g/mol. The van der Waals surface area contributed by atoms with E-state index in [0.717, 1.165) is 67.2 Å². The van der Waals surface area contributed by atoms with Crippen LogP contribution in [0, 0.1) is 6.92 Å². The second-order valence-corrected chi connectivity index (χ2v) is 14.7. The Morgan fingerprint density at radius 1 is 0.328 bits per heavy atom. The number of benzene rings is 7. The zero-order valence-corrected chi connectivity index (χ0v) is 36.0. The molecule has 0 aliphatic carbocycles. The van der Waals surface area contributed by atoms with Crippen LogP contribution in [0.2, 0.25) is 0 Å². The fraction of sp³-hybridized carbons (Fsp3) is 0.0909. The van der Waals surface area contributed by atoms with Gasteiger partial charge in [-0.15, -0.1) is 0 Å². The van der Waals surface area contributed by atoms with Crippen LogP contribution in [0.25, 0.3) is 23.3 Å². The van der Waals surface area contributed by atoms with E-state index in [2.05, 4.69) is 96.8 Å². The molecule has 0 atom stereocenters. The Morgan fingerprint density at radius 3 is 0.781 bits per heavy atom. The van der Waals surface area contributed by atoms with Crippen LogP contribution >= 0.6 is 0 Å². The second kappa shape index (κ2) is 20.0. The molecule has 0 bridgehead atoms. The van der Waals surface area contributed by atoms with Crippen molar-refractivity contribution >= 4 is 64.2 Å². The fourth-order valence-electron chi connectivity index (χ4n) is 7.20. The van der Waals surface area contributed by atoms with Crippen molar-refractivity contribution in [2.45, 2.75) is 6.92 Å². The van der Waals surface area contributed by atoms with Crippen molar-refractivity contribution < 1.29 is 38.1 Å². The van der Waals surface area contributed by atoms with Gasteiger partial charge in [0, 0.05) is 17.1 Å². The number of methoxy groups -OCH3 is 4. The van der Waals surface area contributed by atoms with Crippen LogP contribution in [-0.2, 0) is 18.9 Å². The van der Waals surface area contributed by atoms with Gasteiger partial charge >= 0.3 is 23.9 Å². The van der Waals surface area contributed by atoms with E-state index in [1.807, 2.05) is 48.5 Å². The molecule has 0 spiro atoms. The summed E-state index contributed by atoms with van der Waals surface area (Å²) in [6.07, 6.45) is 4.15. The Labute approximate surface area is 372 Å². The lowest BCUT2D eigenvalue weighted by Crippen LogP contribution is -2.09. The Balaban J connectivity index is 1.25. The van der Waals surface area contributed by atoms with Crippen molar-refractivity contribution in [3.63, 3.8) is 0 Å². The molecular formula is C55H45NO8. The zero-order chi connectivity index (χ0) is 45.2. The van der Waals surface area contributed by atoms with Gasteiger partial charge in [0.2, 0.25) is 0 Å². The Bertz CT molecular complexity index is 2520. The van der Waals surface area contributed by atoms with E-state index < -0.39 is 23.9 Å². The summed E-state index contributed by atoms with van der Waals surface area (Å²) in [6, 6.07) is 53.8. The number of hydrogen-bond donors (Lipinski definition) is 0. The van der Waals surface area contributed by atoms with Crippen molar-refractivity contribution in [1.29, 1.82) is 0 Å². The number of anilines is 3. The third kappa shape index (κ3) is 10.1. The van der Waals surface area contributed by atoms with E-state index in [9.17, 15) is 19.2 Å². The number of ether oxygens (including phenoxy) is 4. The summed E-state index contributed by atoms with van der Waals surface area (Å²) in [6.45, 7) is 2.06. The number of aryl methyl sites for hydroxylation is 1. The first-order chi connectivity index (χ1) is 31.1. The maximum absolute atomic E-state index is 12.2. The number of esters is 4. The summed E-state index contributed by atoms with van der Waals surface area (Å²) in [5, 5.41) is 0.